The lowest BCUT2D eigenvalue weighted by molar-refractivity contribution is 0.0748. The molecule has 1 aliphatic heterocycles. The molecule has 1 saturated heterocycles. The van der Waals surface area contributed by atoms with Gasteiger partial charge < -0.3 is 10.1 Å². The van der Waals surface area contributed by atoms with Crippen LogP contribution in [0.5, 0.6) is 0 Å². The maximum Gasteiger partial charge on any atom is 0.125 e. The minimum Gasteiger partial charge on any atom is -0.380 e. The Balaban J connectivity index is 1.39. The number of aromatic nitrogens is 2. The molecule has 7 heteroatoms. The third-order valence-corrected chi connectivity index (χ3v) is 8.26. The molecule has 162 valence electrons. The summed E-state index contributed by atoms with van der Waals surface area (Å²) < 4.78 is 6.82. The summed E-state index contributed by atoms with van der Waals surface area (Å²) in [4.78, 5) is 14.3. The van der Waals surface area contributed by atoms with Crippen LogP contribution < -0.4 is 5.32 Å². The highest BCUT2D eigenvalue weighted by Gasteiger charge is 2.30. The van der Waals surface area contributed by atoms with Gasteiger partial charge in [0.2, 0.25) is 0 Å². The van der Waals surface area contributed by atoms with E-state index in [4.69, 9.17) is 4.74 Å². The van der Waals surface area contributed by atoms with E-state index in [-0.39, 0.29) is 0 Å². The van der Waals surface area contributed by atoms with Gasteiger partial charge in [-0.15, -0.1) is 22.7 Å². The van der Waals surface area contributed by atoms with Gasteiger partial charge in [0.25, 0.3) is 0 Å². The molecule has 0 amide bonds. The van der Waals surface area contributed by atoms with E-state index >= 15 is 0 Å². The average Bonchev–Trinajstić information content (AvgIpc) is 3.42. The van der Waals surface area contributed by atoms with E-state index in [2.05, 4.69) is 64.4 Å². The molecule has 5 rings (SSSR count). The lowest BCUT2D eigenvalue weighted by atomic mass is 9.88. The van der Waals surface area contributed by atoms with Gasteiger partial charge in [-0.25, -0.2) is 9.97 Å². The molecular formula is C24H28N4OS2. The highest BCUT2D eigenvalue weighted by atomic mass is 32.1. The van der Waals surface area contributed by atoms with E-state index in [0.717, 1.165) is 41.5 Å². The van der Waals surface area contributed by atoms with Crippen LogP contribution in [-0.2, 0) is 4.74 Å². The number of ether oxygens (including phenoxy) is 1. The fourth-order valence-corrected chi connectivity index (χ4v) is 6.49. The lowest BCUT2D eigenvalue weighted by Crippen LogP contribution is -2.43. The molecule has 3 aromatic heterocycles. The van der Waals surface area contributed by atoms with Crippen molar-refractivity contribution < 1.29 is 4.74 Å². The molecule has 0 radical (unpaired) electrons. The standard InChI is InChI=1S/C24H28N4OS2/c1-3-29-12-11-28-10-4-5-18(16(28)2)23-14-19-20(8-9-25-24(19)31-23)27-17-6-7-22-21(13-17)26-15-30-22/h6-9,13-16,18H,3-5,10-12H2,1-2H3,(H,25,27)/t16-,18+/m0/s1. The molecule has 2 atom stereocenters. The summed E-state index contributed by atoms with van der Waals surface area (Å²) in [6.07, 6.45) is 4.38. The monoisotopic (exact) mass is 452 g/mol. The molecular weight excluding hydrogens is 424 g/mol. The molecule has 1 aromatic carbocycles. The van der Waals surface area contributed by atoms with Crippen LogP contribution in [0.2, 0.25) is 0 Å². The molecule has 0 spiro atoms. The highest BCUT2D eigenvalue weighted by molar-refractivity contribution is 7.18. The zero-order valence-electron chi connectivity index (χ0n) is 18.0. The summed E-state index contributed by atoms with van der Waals surface area (Å²) in [5.74, 6) is 0.550. The predicted molar refractivity (Wildman–Crippen MR) is 132 cm³/mol. The van der Waals surface area contributed by atoms with E-state index in [1.807, 2.05) is 23.0 Å². The number of benzene rings is 1. The third-order valence-electron chi connectivity index (χ3n) is 6.28. The number of piperidine rings is 1. The maximum absolute atomic E-state index is 5.61. The molecule has 0 bridgehead atoms. The second-order valence-electron chi connectivity index (χ2n) is 8.11. The van der Waals surface area contributed by atoms with Gasteiger partial charge in [0.15, 0.2) is 0 Å². The largest absolute Gasteiger partial charge is 0.380 e. The molecule has 0 aliphatic carbocycles. The second-order valence-corrected chi connectivity index (χ2v) is 10.1. The molecule has 0 saturated carbocycles. The number of hydrogen-bond donors (Lipinski definition) is 1. The van der Waals surface area contributed by atoms with Crippen LogP contribution in [0.25, 0.3) is 20.4 Å². The van der Waals surface area contributed by atoms with Crippen molar-refractivity contribution in [1.82, 2.24) is 14.9 Å². The van der Waals surface area contributed by atoms with Crippen molar-refractivity contribution in [2.75, 3.05) is 31.6 Å². The highest BCUT2D eigenvalue weighted by Crippen LogP contribution is 2.40. The van der Waals surface area contributed by atoms with Gasteiger partial charge >= 0.3 is 0 Å². The summed E-state index contributed by atoms with van der Waals surface area (Å²) in [5.41, 5.74) is 5.10. The van der Waals surface area contributed by atoms with Crippen LogP contribution in [0.4, 0.5) is 11.4 Å². The van der Waals surface area contributed by atoms with Crippen molar-refractivity contribution in [2.45, 2.75) is 38.6 Å². The Morgan fingerprint density at radius 1 is 1.23 bits per heavy atom. The first-order valence-corrected chi connectivity index (χ1v) is 12.7. The molecule has 1 fully saturated rings. The average molecular weight is 453 g/mol. The zero-order valence-corrected chi connectivity index (χ0v) is 19.6. The SMILES string of the molecule is CCOCCN1CCC[C@@H](c2cc3c(Nc4ccc5scnc5c4)ccnc3s2)[C@@H]1C. The van der Waals surface area contributed by atoms with Crippen LogP contribution in [0, 0.1) is 0 Å². The van der Waals surface area contributed by atoms with Crippen molar-refractivity contribution >= 4 is 54.5 Å². The number of hydrogen-bond acceptors (Lipinski definition) is 7. The Labute approximate surface area is 191 Å². The molecule has 31 heavy (non-hydrogen) atoms. The van der Waals surface area contributed by atoms with Gasteiger partial charge in [-0.05, 0) is 63.6 Å². The topological polar surface area (TPSA) is 50.3 Å². The summed E-state index contributed by atoms with van der Waals surface area (Å²) in [5, 5.41) is 4.81. The Bertz CT molecular complexity index is 1170. The fraction of sp³-hybridized carbons (Fsp3) is 0.417. The minimum atomic E-state index is 0.519. The fourth-order valence-electron chi connectivity index (χ4n) is 4.58. The first-order chi connectivity index (χ1) is 15.2. The van der Waals surface area contributed by atoms with Gasteiger partial charge in [0, 0.05) is 47.3 Å². The molecule has 4 aromatic rings. The van der Waals surface area contributed by atoms with Crippen molar-refractivity contribution in [2.24, 2.45) is 0 Å². The number of thiophene rings is 1. The normalized spacial score (nSPS) is 19.9. The Morgan fingerprint density at radius 3 is 3.06 bits per heavy atom. The van der Waals surface area contributed by atoms with Gasteiger partial charge in [-0.2, -0.15) is 0 Å². The van der Waals surface area contributed by atoms with Crippen LogP contribution >= 0.6 is 22.7 Å². The summed E-state index contributed by atoms with van der Waals surface area (Å²) in [7, 11) is 0. The molecule has 1 N–H and O–H groups in total. The second kappa shape index (κ2) is 9.20. The first-order valence-electron chi connectivity index (χ1n) is 11.0. The van der Waals surface area contributed by atoms with Gasteiger partial charge in [-0.1, -0.05) is 0 Å². The summed E-state index contributed by atoms with van der Waals surface area (Å²) in [6.45, 7) is 8.22. The number of rotatable bonds is 7. The summed E-state index contributed by atoms with van der Waals surface area (Å²) >= 11 is 3.52. The van der Waals surface area contributed by atoms with Crippen molar-refractivity contribution in [3.05, 3.63) is 46.9 Å². The van der Waals surface area contributed by atoms with E-state index in [1.54, 1.807) is 11.3 Å². The van der Waals surface area contributed by atoms with Crippen LogP contribution in [0.15, 0.2) is 42.0 Å². The van der Waals surface area contributed by atoms with Crippen molar-refractivity contribution in [3.8, 4) is 0 Å². The lowest BCUT2D eigenvalue weighted by Gasteiger charge is -2.39. The number of anilines is 2. The van der Waals surface area contributed by atoms with Gasteiger partial charge in [0.05, 0.1) is 28.0 Å². The molecule has 4 heterocycles. The number of thiazole rings is 1. The number of likely N-dealkylation sites (tertiary alicyclic amines) is 1. The maximum atomic E-state index is 5.61. The molecule has 1 aliphatic rings. The Hall–Kier alpha value is -2.06. The third kappa shape index (κ3) is 4.32. The number of nitrogens with zero attached hydrogens (tertiary/aromatic N) is 3. The number of pyridine rings is 1. The Kier molecular flexibility index (Phi) is 6.18. The molecule has 0 unspecified atom stereocenters. The van der Waals surface area contributed by atoms with E-state index in [1.165, 1.54) is 34.3 Å². The summed E-state index contributed by atoms with van der Waals surface area (Å²) in [6, 6.07) is 11.3. The van der Waals surface area contributed by atoms with Gasteiger partial charge in [-0.3, -0.25) is 4.90 Å². The van der Waals surface area contributed by atoms with Crippen LogP contribution in [0.1, 0.15) is 37.5 Å². The Morgan fingerprint density at radius 2 is 2.16 bits per heavy atom. The first kappa shape index (κ1) is 20.8. The van der Waals surface area contributed by atoms with Gasteiger partial charge in [0.1, 0.15) is 4.83 Å². The smallest absolute Gasteiger partial charge is 0.125 e. The number of nitrogens with one attached hydrogen (secondary N) is 1. The minimum absolute atomic E-state index is 0.519. The quantitative estimate of drug-likeness (QED) is 0.336. The molecule has 5 nitrogen and oxygen atoms in total. The number of fused-ring (bicyclic) bond motifs is 2. The van der Waals surface area contributed by atoms with Crippen molar-refractivity contribution in [1.29, 1.82) is 0 Å². The van der Waals surface area contributed by atoms with Crippen molar-refractivity contribution in [3.63, 3.8) is 0 Å². The van der Waals surface area contributed by atoms with Crippen LogP contribution in [0.3, 0.4) is 0 Å². The van der Waals surface area contributed by atoms with E-state index < -0.39 is 0 Å². The van der Waals surface area contributed by atoms with E-state index in [9.17, 15) is 0 Å². The predicted octanol–water partition coefficient (Wildman–Crippen LogP) is 6.25. The van der Waals surface area contributed by atoms with E-state index in [0.29, 0.717) is 12.0 Å². The zero-order chi connectivity index (χ0) is 21.2. The van der Waals surface area contributed by atoms with Crippen LogP contribution in [-0.4, -0.2) is 47.2 Å².